The van der Waals surface area contributed by atoms with E-state index in [0.29, 0.717) is 11.2 Å². The third-order valence-electron chi connectivity index (χ3n) is 5.90. The van der Waals surface area contributed by atoms with Crippen molar-refractivity contribution < 1.29 is 32.9 Å². The van der Waals surface area contributed by atoms with Crippen LogP contribution < -0.4 is 15.3 Å². The minimum atomic E-state index is -4.01. The topological polar surface area (TPSA) is 170 Å². The molecule has 2 heterocycles. The van der Waals surface area contributed by atoms with Crippen LogP contribution in [0.25, 0.3) is 11.2 Å². The number of rotatable bonds is 14. The van der Waals surface area contributed by atoms with Gasteiger partial charge in [-0.1, -0.05) is 48.5 Å². The molecule has 0 saturated carbocycles. The Morgan fingerprint density at radius 3 is 2.41 bits per heavy atom. The van der Waals surface area contributed by atoms with E-state index in [4.69, 9.17) is 24.5 Å². The average molecular weight is 583 g/mol. The Kier molecular flexibility index (Phi) is 10.0. The normalized spacial score (nSPS) is 14.1. The van der Waals surface area contributed by atoms with Crippen LogP contribution in [0.15, 0.2) is 73.3 Å². The van der Waals surface area contributed by atoms with Gasteiger partial charge in [0.15, 0.2) is 17.6 Å². The molecule has 14 heteroatoms. The van der Waals surface area contributed by atoms with Crippen molar-refractivity contribution in [3.63, 3.8) is 0 Å². The molecule has 3 atom stereocenters. The molecule has 0 spiro atoms. The van der Waals surface area contributed by atoms with E-state index in [2.05, 4.69) is 20.0 Å². The molecule has 0 aliphatic rings. The Balaban J connectivity index is 1.60. The van der Waals surface area contributed by atoms with Crippen molar-refractivity contribution in [2.24, 2.45) is 0 Å². The Morgan fingerprint density at radius 1 is 1.02 bits per heavy atom. The minimum absolute atomic E-state index is 0.0870. The SMILES string of the molecule is CCOC(=O)[C@H](Cc1ccccc1)NP(=O)(CO[C@@H](Cn1cnc2c(N)ncnc21)C(=O)OC)Oc1ccccc1. The van der Waals surface area contributed by atoms with Gasteiger partial charge in [-0.15, -0.1) is 0 Å². The Labute approximate surface area is 236 Å². The summed E-state index contributed by atoms with van der Waals surface area (Å²) in [6, 6.07) is 16.6. The lowest BCUT2D eigenvalue weighted by molar-refractivity contribution is -0.153. The van der Waals surface area contributed by atoms with Crippen LogP contribution in [-0.4, -0.2) is 63.7 Å². The summed E-state index contributed by atoms with van der Waals surface area (Å²) in [4.78, 5) is 37.9. The molecule has 2 aromatic heterocycles. The van der Waals surface area contributed by atoms with Gasteiger partial charge in [-0.2, -0.15) is 0 Å². The van der Waals surface area contributed by atoms with Crippen LogP contribution in [0.1, 0.15) is 12.5 Å². The number of esters is 2. The molecular formula is C27H31N6O7P. The molecule has 216 valence electrons. The molecule has 1 unspecified atom stereocenters. The van der Waals surface area contributed by atoms with Gasteiger partial charge in [-0.3, -0.25) is 9.36 Å². The molecule has 4 aromatic rings. The van der Waals surface area contributed by atoms with Crippen LogP contribution in [0, 0.1) is 0 Å². The van der Waals surface area contributed by atoms with Crippen molar-refractivity contribution in [1.82, 2.24) is 24.6 Å². The molecule has 13 nitrogen and oxygen atoms in total. The van der Waals surface area contributed by atoms with E-state index in [0.717, 1.165) is 5.56 Å². The lowest BCUT2D eigenvalue weighted by atomic mass is 10.1. The van der Waals surface area contributed by atoms with Gasteiger partial charge in [-0.25, -0.2) is 24.8 Å². The standard InChI is InChI=1S/C27H31N6O7P/c1-3-38-26(34)21(14-19-10-6-4-7-11-19)32-41(36,40-20-12-8-5-9-13-20)18-39-22(27(35)37-2)15-33-17-31-23-24(28)29-16-30-25(23)33/h4-13,16-17,21-22H,3,14-15,18H2,1-2H3,(H,32,36)(H2,28,29,30)/t21-,22-,41?/m0/s1. The highest BCUT2D eigenvalue weighted by atomic mass is 31.2. The summed E-state index contributed by atoms with van der Waals surface area (Å²) in [5, 5.41) is 2.85. The average Bonchev–Trinajstić information content (AvgIpc) is 3.39. The first-order chi connectivity index (χ1) is 19.8. The summed E-state index contributed by atoms with van der Waals surface area (Å²) in [7, 11) is -2.81. The van der Waals surface area contributed by atoms with Crippen molar-refractivity contribution in [1.29, 1.82) is 0 Å². The number of carbonyl (C=O) groups is 2. The number of nitrogen functional groups attached to an aromatic ring is 1. The van der Waals surface area contributed by atoms with Gasteiger partial charge in [0.1, 0.15) is 30.0 Å². The van der Waals surface area contributed by atoms with Crippen molar-refractivity contribution >= 4 is 36.4 Å². The zero-order chi connectivity index (χ0) is 29.2. The van der Waals surface area contributed by atoms with E-state index >= 15 is 0 Å². The highest BCUT2D eigenvalue weighted by Crippen LogP contribution is 2.44. The number of anilines is 1. The number of ether oxygens (including phenoxy) is 3. The van der Waals surface area contributed by atoms with Crippen molar-refractivity contribution in [3.05, 3.63) is 78.9 Å². The Morgan fingerprint density at radius 2 is 1.73 bits per heavy atom. The molecule has 41 heavy (non-hydrogen) atoms. The van der Waals surface area contributed by atoms with Crippen LogP contribution in [-0.2, 0) is 41.3 Å². The number of para-hydroxylation sites is 1. The van der Waals surface area contributed by atoms with Crippen molar-refractivity contribution in [3.8, 4) is 5.75 Å². The maximum Gasteiger partial charge on any atom is 0.342 e. The largest absolute Gasteiger partial charge is 0.467 e. The number of nitrogens with one attached hydrogen (secondary N) is 1. The lowest BCUT2D eigenvalue weighted by Crippen LogP contribution is -2.40. The quantitative estimate of drug-likeness (QED) is 0.165. The second kappa shape index (κ2) is 13.8. The van der Waals surface area contributed by atoms with Crippen molar-refractivity contribution in [2.45, 2.75) is 32.0 Å². The van der Waals surface area contributed by atoms with Crippen molar-refractivity contribution in [2.75, 3.05) is 25.8 Å². The van der Waals surface area contributed by atoms with Gasteiger partial charge < -0.3 is 29.0 Å². The number of hydrogen-bond donors (Lipinski definition) is 2. The second-order valence-electron chi connectivity index (χ2n) is 8.84. The molecule has 0 fully saturated rings. The van der Waals surface area contributed by atoms with Crippen LogP contribution in [0.5, 0.6) is 5.75 Å². The van der Waals surface area contributed by atoms with Crippen LogP contribution in [0.4, 0.5) is 5.82 Å². The smallest absolute Gasteiger partial charge is 0.342 e. The lowest BCUT2D eigenvalue weighted by Gasteiger charge is -2.26. The summed E-state index contributed by atoms with van der Waals surface area (Å²) in [5.41, 5.74) is 7.42. The summed E-state index contributed by atoms with van der Waals surface area (Å²) < 4.78 is 37.8. The first kappa shape index (κ1) is 29.7. The van der Waals surface area contributed by atoms with Gasteiger partial charge in [0, 0.05) is 0 Å². The first-order valence-corrected chi connectivity index (χ1v) is 14.6. The van der Waals surface area contributed by atoms with Crippen LogP contribution in [0.2, 0.25) is 0 Å². The molecule has 0 aliphatic heterocycles. The number of fused-ring (bicyclic) bond motifs is 1. The van der Waals surface area contributed by atoms with Crippen LogP contribution >= 0.6 is 7.52 Å². The number of benzene rings is 2. The van der Waals surface area contributed by atoms with E-state index in [1.54, 1.807) is 41.8 Å². The molecule has 0 bridgehead atoms. The van der Waals surface area contributed by atoms with E-state index in [9.17, 15) is 14.2 Å². The second-order valence-corrected chi connectivity index (χ2v) is 10.9. The van der Waals surface area contributed by atoms with Gasteiger partial charge >= 0.3 is 19.5 Å². The number of aromatic nitrogens is 4. The molecule has 4 rings (SSSR count). The maximum atomic E-state index is 14.3. The fraction of sp³-hybridized carbons (Fsp3) is 0.296. The van der Waals surface area contributed by atoms with Crippen LogP contribution in [0.3, 0.4) is 0 Å². The molecular weight excluding hydrogens is 551 g/mol. The third kappa shape index (κ3) is 7.88. The monoisotopic (exact) mass is 582 g/mol. The summed E-state index contributed by atoms with van der Waals surface area (Å²) in [5.74, 6) is -0.888. The fourth-order valence-corrected chi connectivity index (χ4v) is 5.67. The Hall–Kier alpha value is -4.32. The number of imidazole rings is 1. The van der Waals surface area contributed by atoms with Gasteiger partial charge in [-0.05, 0) is 31.0 Å². The number of nitrogens with two attached hydrogens (primary N) is 1. The van der Waals surface area contributed by atoms with E-state index in [1.807, 2.05) is 30.3 Å². The van der Waals surface area contributed by atoms with E-state index in [1.165, 1.54) is 19.8 Å². The molecule has 2 aromatic carbocycles. The van der Waals surface area contributed by atoms with Gasteiger partial charge in [0.25, 0.3) is 0 Å². The number of hydrogen-bond acceptors (Lipinski definition) is 11. The zero-order valence-electron chi connectivity index (χ0n) is 22.6. The highest BCUT2D eigenvalue weighted by molar-refractivity contribution is 7.57. The van der Waals surface area contributed by atoms with E-state index < -0.39 is 38.0 Å². The Bertz CT molecular complexity index is 1500. The predicted molar refractivity (Wildman–Crippen MR) is 150 cm³/mol. The first-order valence-electron chi connectivity index (χ1n) is 12.7. The highest BCUT2D eigenvalue weighted by Gasteiger charge is 2.35. The van der Waals surface area contributed by atoms with E-state index in [-0.39, 0.29) is 31.1 Å². The molecule has 3 N–H and O–H groups in total. The number of methoxy groups -OCH3 is 1. The molecule has 0 aliphatic carbocycles. The maximum absolute atomic E-state index is 14.3. The fourth-order valence-electron chi connectivity index (χ4n) is 3.98. The summed E-state index contributed by atoms with van der Waals surface area (Å²) in [6.45, 7) is 1.72. The molecule has 0 radical (unpaired) electrons. The minimum Gasteiger partial charge on any atom is -0.467 e. The number of nitrogens with zero attached hydrogens (tertiary/aromatic N) is 4. The third-order valence-corrected chi connectivity index (χ3v) is 7.60. The molecule has 0 amide bonds. The summed E-state index contributed by atoms with van der Waals surface area (Å²) >= 11 is 0. The van der Waals surface area contributed by atoms with Gasteiger partial charge in [0.2, 0.25) is 0 Å². The summed E-state index contributed by atoms with van der Waals surface area (Å²) in [6.07, 6.45) is 1.06. The molecule has 0 saturated heterocycles. The van der Waals surface area contributed by atoms with Gasteiger partial charge in [0.05, 0.1) is 26.6 Å². The number of carbonyl (C=O) groups excluding carboxylic acids is 2. The predicted octanol–water partition coefficient (Wildman–Crippen LogP) is 2.96. The zero-order valence-corrected chi connectivity index (χ0v) is 23.5.